The number of hydrogen-bond acceptors (Lipinski definition) is 5. The van der Waals surface area contributed by atoms with E-state index < -0.39 is 33.9 Å². The number of carboxylic acid groups (broad SMARTS) is 1. The lowest BCUT2D eigenvalue weighted by atomic mass is 10.1. The fourth-order valence-corrected chi connectivity index (χ4v) is 1.91. The second-order valence-electron chi connectivity index (χ2n) is 4.56. The third-order valence-electron chi connectivity index (χ3n) is 2.60. The number of benzene rings is 1. The van der Waals surface area contributed by atoms with Gasteiger partial charge in [0.05, 0.1) is 11.4 Å². The number of aliphatic carboxylic acids is 1. The van der Waals surface area contributed by atoms with Gasteiger partial charge in [-0.1, -0.05) is 0 Å². The summed E-state index contributed by atoms with van der Waals surface area (Å²) in [5, 5.41) is 20.4. The van der Waals surface area contributed by atoms with Crippen molar-refractivity contribution < 1.29 is 28.2 Å². The summed E-state index contributed by atoms with van der Waals surface area (Å²) < 4.78 is 22.5. The number of carboxylic acids is 1. The average Bonchev–Trinajstić information content (AvgIpc) is 2.35. The van der Waals surface area contributed by atoms with Gasteiger partial charge in [-0.15, -0.1) is 0 Å². The smallest absolute Gasteiger partial charge is 0.337 e. The number of sulfone groups is 1. The molecule has 0 bridgehead atoms. The predicted octanol–water partition coefficient (Wildman–Crippen LogP) is -0.345. The van der Waals surface area contributed by atoms with E-state index in [-0.39, 0.29) is 10.5 Å². The molecule has 0 aliphatic heterocycles. The van der Waals surface area contributed by atoms with E-state index in [0.717, 1.165) is 13.2 Å². The van der Waals surface area contributed by atoms with Crippen LogP contribution in [0.2, 0.25) is 0 Å². The zero-order chi connectivity index (χ0) is 15.6. The normalized spacial score (nSPS) is 14.3. The monoisotopic (exact) mass is 301 g/mol. The highest BCUT2D eigenvalue weighted by atomic mass is 32.2. The topological polar surface area (TPSA) is 121 Å². The Morgan fingerprint density at radius 3 is 2.15 bits per heavy atom. The van der Waals surface area contributed by atoms with Crippen LogP contribution in [0.5, 0.6) is 0 Å². The number of carbonyl (C=O) groups is 2. The fourth-order valence-electron chi connectivity index (χ4n) is 1.28. The number of nitrogens with one attached hydrogen (secondary N) is 1. The van der Waals surface area contributed by atoms with E-state index in [4.69, 9.17) is 5.11 Å². The maximum Gasteiger partial charge on any atom is 0.337 e. The van der Waals surface area contributed by atoms with Crippen LogP contribution < -0.4 is 5.32 Å². The van der Waals surface area contributed by atoms with Crippen LogP contribution >= 0.6 is 0 Å². The van der Waals surface area contributed by atoms with Crippen molar-refractivity contribution >= 4 is 21.7 Å². The summed E-state index contributed by atoms with van der Waals surface area (Å²) in [6.07, 6.45) is 1.05. The minimum atomic E-state index is -3.34. The van der Waals surface area contributed by atoms with E-state index in [1.807, 2.05) is 0 Å². The molecule has 1 rings (SSSR count). The molecule has 110 valence electrons. The molecule has 1 unspecified atom stereocenters. The minimum Gasteiger partial charge on any atom is -0.479 e. The summed E-state index contributed by atoms with van der Waals surface area (Å²) in [6.45, 7) is 0.595. The molecule has 0 saturated heterocycles. The third-order valence-corrected chi connectivity index (χ3v) is 3.73. The van der Waals surface area contributed by atoms with E-state index in [9.17, 15) is 23.1 Å². The zero-order valence-corrected chi connectivity index (χ0v) is 11.8. The Morgan fingerprint density at radius 2 is 1.75 bits per heavy atom. The minimum absolute atomic E-state index is 0.0755. The van der Waals surface area contributed by atoms with E-state index >= 15 is 0 Å². The Labute approximate surface area is 116 Å². The van der Waals surface area contributed by atoms with E-state index in [1.165, 1.54) is 24.3 Å². The first kappa shape index (κ1) is 16.1. The molecule has 1 amide bonds. The second kappa shape index (κ2) is 5.59. The molecule has 3 N–H and O–H groups in total. The van der Waals surface area contributed by atoms with Crippen LogP contribution in [0.3, 0.4) is 0 Å². The van der Waals surface area contributed by atoms with Gasteiger partial charge in [-0.05, 0) is 31.2 Å². The van der Waals surface area contributed by atoms with Crippen LogP contribution in [0.25, 0.3) is 0 Å². The first-order valence-electron chi connectivity index (χ1n) is 5.58. The number of rotatable bonds is 5. The molecular weight excluding hydrogens is 286 g/mol. The van der Waals surface area contributed by atoms with Crippen LogP contribution in [0, 0.1) is 0 Å². The zero-order valence-electron chi connectivity index (χ0n) is 11.0. The van der Waals surface area contributed by atoms with Crippen LogP contribution in [-0.4, -0.2) is 48.9 Å². The third kappa shape index (κ3) is 4.04. The van der Waals surface area contributed by atoms with E-state index in [1.54, 1.807) is 0 Å². The highest BCUT2D eigenvalue weighted by molar-refractivity contribution is 7.90. The van der Waals surface area contributed by atoms with Crippen molar-refractivity contribution in [2.75, 3.05) is 12.8 Å². The lowest BCUT2D eigenvalue weighted by Crippen LogP contribution is -2.46. The number of amides is 1. The summed E-state index contributed by atoms with van der Waals surface area (Å²) in [5.74, 6) is -2.06. The predicted molar refractivity (Wildman–Crippen MR) is 70.1 cm³/mol. The molecular formula is C12H15NO6S. The van der Waals surface area contributed by atoms with Gasteiger partial charge < -0.3 is 15.5 Å². The van der Waals surface area contributed by atoms with Crippen molar-refractivity contribution in [3.05, 3.63) is 29.8 Å². The van der Waals surface area contributed by atoms with Gasteiger partial charge in [0.1, 0.15) is 0 Å². The van der Waals surface area contributed by atoms with E-state index in [2.05, 4.69) is 5.32 Å². The highest BCUT2D eigenvalue weighted by Gasteiger charge is 2.30. The average molecular weight is 301 g/mol. The maximum atomic E-state index is 11.7. The van der Waals surface area contributed by atoms with Gasteiger partial charge in [0.2, 0.25) is 0 Å². The Bertz CT molecular complexity index is 618. The molecule has 0 spiro atoms. The Kier molecular flexibility index (Phi) is 4.51. The highest BCUT2D eigenvalue weighted by Crippen LogP contribution is 2.10. The number of carbonyl (C=O) groups excluding carboxylic acids is 1. The Morgan fingerprint density at radius 1 is 1.25 bits per heavy atom. The largest absolute Gasteiger partial charge is 0.479 e. The molecule has 0 heterocycles. The van der Waals surface area contributed by atoms with Gasteiger partial charge in [-0.3, -0.25) is 4.79 Å². The summed E-state index contributed by atoms with van der Waals surface area (Å²) in [7, 11) is -3.34. The van der Waals surface area contributed by atoms with Crippen LogP contribution in [0.1, 0.15) is 17.3 Å². The molecule has 0 aliphatic carbocycles. The summed E-state index contributed by atoms with van der Waals surface area (Å²) in [5.41, 5.74) is -1.90. The lowest BCUT2D eigenvalue weighted by molar-refractivity contribution is -0.155. The van der Waals surface area contributed by atoms with Crippen molar-refractivity contribution in [1.82, 2.24) is 5.32 Å². The van der Waals surface area contributed by atoms with Gasteiger partial charge in [-0.2, -0.15) is 0 Å². The van der Waals surface area contributed by atoms with Gasteiger partial charge >= 0.3 is 5.97 Å². The standard InChI is InChI=1S/C12H15NO6S/c1-12(17,11(15)16)7-13-10(14)8-3-5-9(6-4-8)20(2,18)19/h3-6,17H,7H2,1-2H3,(H,13,14)(H,15,16). The van der Waals surface area contributed by atoms with Crippen molar-refractivity contribution in [1.29, 1.82) is 0 Å². The van der Waals surface area contributed by atoms with E-state index in [0.29, 0.717) is 0 Å². The molecule has 7 nitrogen and oxygen atoms in total. The van der Waals surface area contributed by atoms with Crippen molar-refractivity contribution in [2.24, 2.45) is 0 Å². The van der Waals surface area contributed by atoms with Crippen molar-refractivity contribution in [3.63, 3.8) is 0 Å². The Balaban J connectivity index is 2.77. The molecule has 1 aromatic rings. The molecule has 0 saturated carbocycles. The summed E-state index contributed by atoms with van der Waals surface area (Å²) >= 11 is 0. The molecule has 8 heteroatoms. The van der Waals surface area contributed by atoms with Crippen molar-refractivity contribution in [3.8, 4) is 0 Å². The number of aliphatic hydroxyl groups is 1. The summed E-state index contributed by atoms with van der Waals surface area (Å²) in [6, 6.07) is 5.17. The lowest BCUT2D eigenvalue weighted by Gasteiger charge is -2.18. The van der Waals surface area contributed by atoms with Gasteiger partial charge in [0.25, 0.3) is 5.91 Å². The quantitative estimate of drug-likeness (QED) is 0.684. The molecule has 0 aromatic heterocycles. The van der Waals surface area contributed by atoms with Crippen LogP contribution in [-0.2, 0) is 14.6 Å². The SMILES string of the molecule is CC(O)(CNC(=O)c1ccc(S(C)(=O)=O)cc1)C(=O)O. The molecule has 0 fully saturated rings. The fraction of sp³-hybridized carbons (Fsp3) is 0.333. The second-order valence-corrected chi connectivity index (χ2v) is 6.57. The first-order valence-corrected chi connectivity index (χ1v) is 7.47. The summed E-state index contributed by atoms with van der Waals surface area (Å²) in [4.78, 5) is 22.4. The molecule has 0 radical (unpaired) electrons. The molecule has 0 aliphatic rings. The molecule has 20 heavy (non-hydrogen) atoms. The Hall–Kier alpha value is -1.93. The van der Waals surface area contributed by atoms with Crippen molar-refractivity contribution in [2.45, 2.75) is 17.4 Å². The van der Waals surface area contributed by atoms with Crippen LogP contribution in [0.15, 0.2) is 29.2 Å². The van der Waals surface area contributed by atoms with Crippen LogP contribution in [0.4, 0.5) is 0 Å². The van der Waals surface area contributed by atoms with Gasteiger partial charge in [-0.25, -0.2) is 13.2 Å². The molecule has 1 aromatic carbocycles. The molecule has 1 atom stereocenters. The number of hydrogen-bond donors (Lipinski definition) is 3. The van der Waals surface area contributed by atoms with Gasteiger partial charge in [0, 0.05) is 11.8 Å². The maximum absolute atomic E-state index is 11.7. The van der Waals surface area contributed by atoms with Gasteiger partial charge in [0.15, 0.2) is 15.4 Å². The first-order chi connectivity index (χ1) is 9.04.